The molecule has 3 nitrogen and oxygen atoms in total. The molecule has 116 valence electrons. The molecule has 0 unspecified atom stereocenters. The van der Waals surface area contributed by atoms with Crippen LogP contribution in [-0.4, -0.2) is 12.5 Å². The highest BCUT2D eigenvalue weighted by atomic mass is 79.9. The molecule has 0 bridgehead atoms. The van der Waals surface area contributed by atoms with Gasteiger partial charge in [0.05, 0.1) is 0 Å². The Balaban J connectivity index is 1.84. The number of amides is 1. The molecule has 2 rings (SSSR count). The van der Waals surface area contributed by atoms with Crippen LogP contribution >= 0.6 is 15.9 Å². The van der Waals surface area contributed by atoms with E-state index in [1.165, 1.54) is 18.2 Å². The monoisotopic (exact) mass is 369 g/mol. The summed E-state index contributed by atoms with van der Waals surface area (Å²) in [4.78, 5) is 11.7. The van der Waals surface area contributed by atoms with Crippen LogP contribution in [0, 0.1) is 18.6 Å². The van der Waals surface area contributed by atoms with Crippen molar-refractivity contribution in [3.05, 3.63) is 63.6 Å². The number of halogens is 3. The number of carbonyl (C=O) groups is 1. The maximum absolute atomic E-state index is 13.5. The molecule has 0 spiro atoms. The largest absolute Gasteiger partial charge is 0.481 e. The predicted molar refractivity (Wildman–Crippen MR) is 82.6 cm³/mol. The lowest BCUT2D eigenvalue weighted by Gasteiger charge is -2.09. The Labute approximate surface area is 135 Å². The van der Waals surface area contributed by atoms with Crippen LogP contribution < -0.4 is 10.1 Å². The molecular weight excluding hydrogens is 356 g/mol. The second-order valence-electron chi connectivity index (χ2n) is 4.72. The van der Waals surface area contributed by atoms with Crippen molar-refractivity contribution in [1.29, 1.82) is 0 Å². The maximum atomic E-state index is 13.5. The number of nitrogens with one attached hydrogen (secondary N) is 1. The van der Waals surface area contributed by atoms with Crippen molar-refractivity contribution in [2.45, 2.75) is 13.5 Å². The Morgan fingerprint density at radius 1 is 1.18 bits per heavy atom. The van der Waals surface area contributed by atoms with Gasteiger partial charge in [0.1, 0.15) is 5.82 Å². The van der Waals surface area contributed by atoms with E-state index in [1.54, 1.807) is 25.1 Å². The summed E-state index contributed by atoms with van der Waals surface area (Å²) < 4.78 is 32.6. The van der Waals surface area contributed by atoms with E-state index in [0.29, 0.717) is 15.6 Å². The third kappa shape index (κ3) is 4.53. The molecule has 1 amide bonds. The summed E-state index contributed by atoms with van der Waals surface area (Å²) in [5, 5.41) is 2.58. The average molecular weight is 370 g/mol. The molecule has 1 N–H and O–H groups in total. The van der Waals surface area contributed by atoms with Crippen molar-refractivity contribution in [1.82, 2.24) is 5.32 Å². The lowest BCUT2D eigenvalue weighted by molar-refractivity contribution is -0.123. The number of hydrogen-bond acceptors (Lipinski definition) is 2. The summed E-state index contributed by atoms with van der Waals surface area (Å²) in [5.41, 5.74) is 1.19. The van der Waals surface area contributed by atoms with E-state index in [-0.39, 0.29) is 24.7 Å². The van der Waals surface area contributed by atoms with Gasteiger partial charge < -0.3 is 10.1 Å². The molecule has 0 fully saturated rings. The molecule has 0 aliphatic carbocycles. The molecule has 0 atom stereocenters. The Kier molecular flexibility index (Phi) is 5.49. The van der Waals surface area contributed by atoms with Crippen LogP contribution in [0.1, 0.15) is 11.1 Å². The van der Waals surface area contributed by atoms with E-state index in [2.05, 4.69) is 21.2 Å². The zero-order chi connectivity index (χ0) is 16.1. The zero-order valence-corrected chi connectivity index (χ0v) is 13.4. The fourth-order valence-corrected chi connectivity index (χ4v) is 2.07. The highest BCUT2D eigenvalue weighted by Gasteiger charge is 2.08. The number of ether oxygens (including phenoxy) is 1. The quantitative estimate of drug-likeness (QED) is 0.871. The first-order valence-electron chi connectivity index (χ1n) is 6.55. The lowest BCUT2D eigenvalue weighted by Crippen LogP contribution is -2.28. The van der Waals surface area contributed by atoms with Crippen LogP contribution in [0.25, 0.3) is 0 Å². The summed E-state index contributed by atoms with van der Waals surface area (Å²) in [6.07, 6.45) is 0. The Hall–Kier alpha value is -1.95. The van der Waals surface area contributed by atoms with E-state index in [1.807, 2.05) is 0 Å². The number of rotatable bonds is 5. The second kappa shape index (κ2) is 7.35. The summed E-state index contributed by atoms with van der Waals surface area (Å²) >= 11 is 3.13. The smallest absolute Gasteiger partial charge is 0.258 e. The van der Waals surface area contributed by atoms with E-state index in [0.717, 1.165) is 0 Å². The van der Waals surface area contributed by atoms with Crippen LogP contribution in [0.5, 0.6) is 5.75 Å². The molecule has 0 radical (unpaired) electrons. The van der Waals surface area contributed by atoms with Crippen LogP contribution in [0.15, 0.2) is 40.9 Å². The second-order valence-corrected chi connectivity index (χ2v) is 5.64. The lowest BCUT2D eigenvalue weighted by atomic mass is 10.1. The highest BCUT2D eigenvalue weighted by molar-refractivity contribution is 9.10. The van der Waals surface area contributed by atoms with Crippen molar-refractivity contribution >= 4 is 21.8 Å². The summed E-state index contributed by atoms with van der Waals surface area (Å²) in [6, 6.07) is 9.04. The van der Waals surface area contributed by atoms with Crippen molar-refractivity contribution < 1.29 is 18.3 Å². The predicted octanol–water partition coefficient (Wildman–Crippen LogP) is 3.73. The zero-order valence-electron chi connectivity index (χ0n) is 11.8. The molecule has 0 saturated carbocycles. The van der Waals surface area contributed by atoms with Crippen LogP contribution in [0.3, 0.4) is 0 Å². The third-order valence-corrected chi connectivity index (χ3v) is 3.47. The Bertz CT molecular complexity index is 692. The van der Waals surface area contributed by atoms with Gasteiger partial charge in [-0.05, 0) is 42.3 Å². The van der Waals surface area contributed by atoms with Gasteiger partial charge in [0.25, 0.3) is 5.91 Å². The number of carbonyl (C=O) groups excluding carboxylic acids is 1. The first-order valence-corrected chi connectivity index (χ1v) is 7.34. The standard InChI is InChI=1S/C16H14BrF2NO2/c1-10-2-3-11(6-13(10)18)8-20-16(21)9-22-15-5-4-12(17)7-14(15)19/h2-7H,8-9H2,1H3,(H,20,21). The third-order valence-electron chi connectivity index (χ3n) is 2.98. The van der Waals surface area contributed by atoms with Gasteiger partial charge in [0.15, 0.2) is 18.2 Å². The minimum Gasteiger partial charge on any atom is -0.481 e. The van der Waals surface area contributed by atoms with Gasteiger partial charge >= 0.3 is 0 Å². The average Bonchev–Trinajstić information content (AvgIpc) is 2.47. The van der Waals surface area contributed by atoms with Gasteiger partial charge in [-0.2, -0.15) is 0 Å². The number of benzene rings is 2. The highest BCUT2D eigenvalue weighted by Crippen LogP contribution is 2.21. The number of aryl methyl sites for hydroxylation is 1. The molecule has 0 heterocycles. The summed E-state index contributed by atoms with van der Waals surface area (Å²) in [6.45, 7) is 1.54. The molecule has 22 heavy (non-hydrogen) atoms. The molecule has 0 aromatic heterocycles. The van der Waals surface area contributed by atoms with E-state index >= 15 is 0 Å². The van der Waals surface area contributed by atoms with Gasteiger partial charge in [0, 0.05) is 11.0 Å². The summed E-state index contributed by atoms with van der Waals surface area (Å²) in [7, 11) is 0. The van der Waals surface area contributed by atoms with Gasteiger partial charge in [0.2, 0.25) is 0 Å². The molecule has 2 aromatic carbocycles. The number of hydrogen-bond donors (Lipinski definition) is 1. The normalized spacial score (nSPS) is 10.4. The minimum atomic E-state index is -0.553. The Morgan fingerprint density at radius 3 is 2.64 bits per heavy atom. The molecule has 0 aliphatic rings. The van der Waals surface area contributed by atoms with Crippen molar-refractivity contribution in [2.24, 2.45) is 0 Å². The Morgan fingerprint density at radius 2 is 1.95 bits per heavy atom. The molecular formula is C16H14BrF2NO2. The van der Waals surface area contributed by atoms with E-state index < -0.39 is 11.7 Å². The molecule has 0 aliphatic heterocycles. The summed E-state index contributed by atoms with van der Waals surface area (Å²) in [5.74, 6) is -1.29. The SMILES string of the molecule is Cc1ccc(CNC(=O)COc2ccc(Br)cc2F)cc1F. The van der Waals surface area contributed by atoms with Crippen LogP contribution in [0.2, 0.25) is 0 Å². The first kappa shape index (κ1) is 16.4. The van der Waals surface area contributed by atoms with Crippen molar-refractivity contribution in [3.63, 3.8) is 0 Å². The molecule has 0 saturated heterocycles. The van der Waals surface area contributed by atoms with Gasteiger partial charge in [-0.15, -0.1) is 0 Å². The van der Waals surface area contributed by atoms with Gasteiger partial charge in [-0.3, -0.25) is 4.79 Å². The van der Waals surface area contributed by atoms with Crippen molar-refractivity contribution in [2.75, 3.05) is 6.61 Å². The maximum Gasteiger partial charge on any atom is 0.258 e. The molecule has 6 heteroatoms. The van der Waals surface area contributed by atoms with Crippen molar-refractivity contribution in [3.8, 4) is 5.75 Å². The van der Waals surface area contributed by atoms with Crippen LogP contribution in [0.4, 0.5) is 8.78 Å². The fourth-order valence-electron chi connectivity index (χ4n) is 1.73. The minimum absolute atomic E-state index is 0.000250. The van der Waals surface area contributed by atoms with Gasteiger partial charge in [-0.1, -0.05) is 28.1 Å². The van der Waals surface area contributed by atoms with E-state index in [9.17, 15) is 13.6 Å². The fraction of sp³-hybridized carbons (Fsp3) is 0.188. The topological polar surface area (TPSA) is 38.3 Å². The van der Waals surface area contributed by atoms with Crippen LogP contribution in [-0.2, 0) is 11.3 Å². The molecule has 2 aromatic rings. The van der Waals surface area contributed by atoms with Gasteiger partial charge in [-0.25, -0.2) is 8.78 Å². The first-order chi connectivity index (χ1) is 10.5. The van der Waals surface area contributed by atoms with E-state index in [4.69, 9.17) is 4.74 Å².